The van der Waals surface area contributed by atoms with Crippen LogP contribution in [0.1, 0.15) is 24.1 Å². The molecule has 0 saturated heterocycles. The number of benzene rings is 1. The van der Waals surface area contributed by atoms with Crippen molar-refractivity contribution in [2.24, 2.45) is 4.99 Å². The lowest BCUT2D eigenvalue weighted by molar-refractivity contribution is 0.397. The molecule has 0 spiro atoms. The van der Waals surface area contributed by atoms with Crippen molar-refractivity contribution in [3.8, 4) is 5.88 Å². The second kappa shape index (κ2) is 10.7. The number of guanidine groups is 1. The summed E-state index contributed by atoms with van der Waals surface area (Å²) in [7, 11) is 3.32. The summed E-state index contributed by atoms with van der Waals surface area (Å²) in [5, 5.41) is 7.80. The lowest BCUT2D eigenvalue weighted by atomic mass is 10.1. The molecule has 8 heteroatoms. The molecule has 25 heavy (non-hydrogen) atoms. The molecule has 2 N–H and O–H groups in total. The van der Waals surface area contributed by atoms with Gasteiger partial charge in [-0.3, -0.25) is 4.99 Å². The van der Waals surface area contributed by atoms with Gasteiger partial charge in [-0.05, 0) is 36.2 Å². The summed E-state index contributed by atoms with van der Waals surface area (Å²) in [6.45, 7) is 2.61. The fourth-order valence-corrected chi connectivity index (χ4v) is 2.76. The number of hydrogen-bond donors (Lipinski definition) is 2. The zero-order valence-electron chi connectivity index (χ0n) is 14.2. The van der Waals surface area contributed by atoms with Gasteiger partial charge in [0, 0.05) is 35.9 Å². The Kier molecular flexibility index (Phi) is 9.31. The monoisotopic (exact) mass is 494 g/mol. The summed E-state index contributed by atoms with van der Waals surface area (Å²) >= 11 is 12.2. The fraction of sp³-hybridized carbons (Fsp3) is 0.294. The normalized spacial score (nSPS) is 12.1. The van der Waals surface area contributed by atoms with E-state index in [1.165, 1.54) is 0 Å². The Morgan fingerprint density at radius 3 is 2.68 bits per heavy atom. The van der Waals surface area contributed by atoms with E-state index in [-0.39, 0.29) is 30.0 Å². The van der Waals surface area contributed by atoms with Gasteiger partial charge in [0.25, 0.3) is 0 Å². The first-order valence-corrected chi connectivity index (χ1v) is 8.20. The number of halogens is 3. The highest BCUT2D eigenvalue weighted by Crippen LogP contribution is 2.25. The highest BCUT2D eigenvalue weighted by atomic mass is 127. The zero-order chi connectivity index (χ0) is 17.5. The second-order valence-electron chi connectivity index (χ2n) is 5.16. The lowest BCUT2D eigenvalue weighted by Crippen LogP contribution is -2.38. The smallest absolute Gasteiger partial charge is 0.213 e. The van der Waals surface area contributed by atoms with Crippen LogP contribution in [-0.2, 0) is 6.54 Å². The minimum atomic E-state index is -0.0204. The maximum atomic E-state index is 6.25. The first-order chi connectivity index (χ1) is 11.5. The zero-order valence-corrected chi connectivity index (χ0v) is 18.1. The number of methoxy groups -OCH3 is 1. The molecular weight excluding hydrogens is 474 g/mol. The van der Waals surface area contributed by atoms with Crippen molar-refractivity contribution < 1.29 is 4.74 Å². The molecule has 0 aliphatic carbocycles. The molecule has 0 fully saturated rings. The van der Waals surface area contributed by atoms with E-state index in [2.05, 4.69) is 20.6 Å². The molecule has 1 aromatic heterocycles. The van der Waals surface area contributed by atoms with Crippen molar-refractivity contribution >= 4 is 53.1 Å². The molecule has 0 amide bonds. The van der Waals surface area contributed by atoms with Crippen molar-refractivity contribution in [1.82, 2.24) is 15.6 Å². The van der Waals surface area contributed by atoms with Crippen LogP contribution in [0, 0.1) is 0 Å². The molecule has 0 saturated carbocycles. The highest BCUT2D eigenvalue weighted by Gasteiger charge is 2.11. The number of hydrogen-bond acceptors (Lipinski definition) is 3. The molecule has 1 aromatic carbocycles. The number of pyridine rings is 1. The van der Waals surface area contributed by atoms with Gasteiger partial charge in [0.15, 0.2) is 5.96 Å². The van der Waals surface area contributed by atoms with Crippen LogP contribution in [0.5, 0.6) is 5.88 Å². The van der Waals surface area contributed by atoms with Gasteiger partial charge in [-0.2, -0.15) is 0 Å². The molecule has 0 radical (unpaired) electrons. The van der Waals surface area contributed by atoms with Gasteiger partial charge in [0.1, 0.15) is 0 Å². The Hall–Kier alpha value is -1.25. The van der Waals surface area contributed by atoms with Crippen LogP contribution in [0.15, 0.2) is 41.5 Å². The number of ether oxygens (including phenoxy) is 1. The van der Waals surface area contributed by atoms with Crippen molar-refractivity contribution in [2.45, 2.75) is 19.5 Å². The Morgan fingerprint density at radius 2 is 2.04 bits per heavy atom. The Balaban J connectivity index is 0.00000312. The maximum absolute atomic E-state index is 6.25. The molecule has 0 aliphatic rings. The van der Waals surface area contributed by atoms with Gasteiger partial charge in [0.05, 0.1) is 13.2 Å². The molecule has 136 valence electrons. The van der Waals surface area contributed by atoms with Crippen LogP contribution in [-0.4, -0.2) is 25.1 Å². The van der Waals surface area contributed by atoms with E-state index in [0.717, 1.165) is 11.1 Å². The maximum Gasteiger partial charge on any atom is 0.213 e. The van der Waals surface area contributed by atoms with Crippen molar-refractivity contribution in [3.63, 3.8) is 0 Å². The Bertz CT molecular complexity index is 728. The SMILES string of the molecule is CN=C(NCc1ccnc(OC)c1)NC(C)c1ccc(Cl)cc1Cl.I. The quantitative estimate of drug-likeness (QED) is 0.366. The van der Waals surface area contributed by atoms with E-state index in [1.807, 2.05) is 31.2 Å². The third-order valence-corrected chi connectivity index (χ3v) is 4.04. The number of rotatable bonds is 5. The summed E-state index contributed by atoms with van der Waals surface area (Å²) < 4.78 is 5.12. The average molecular weight is 495 g/mol. The molecule has 1 unspecified atom stereocenters. The number of nitrogens with one attached hydrogen (secondary N) is 2. The molecule has 1 heterocycles. The van der Waals surface area contributed by atoms with E-state index in [1.54, 1.807) is 26.4 Å². The predicted molar refractivity (Wildman–Crippen MR) is 114 cm³/mol. The van der Waals surface area contributed by atoms with Gasteiger partial charge < -0.3 is 15.4 Å². The van der Waals surface area contributed by atoms with Crippen LogP contribution >= 0.6 is 47.2 Å². The van der Waals surface area contributed by atoms with Gasteiger partial charge in [-0.25, -0.2) is 4.98 Å². The van der Waals surface area contributed by atoms with Crippen LogP contribution in [0.25, 0.3) is 0 Å². The van der Waals surface area contributed by atoms with E-state index >= 15 is 0 Å². The molecule has 2 aromatic rings. The van der Waals surface area contributed by atoms with E-state index < -0.39 is 0 Å². The molecule has 5 nitrogen and oxygen atoms in total. The summed E-state index contributed by atoms with van der Waals surface area (Å²) in [6, 6.07) is 9.23. The predicted octanol–water partition coefficient (Wildman–Crippen LogP) is 4.44. The van der Waals surface area contributed by atoms with E-state index in [4.69, 9.17) is 27.9 Å². The first-order valence-electron chi connectivity index (χ1n) is 7.44. The van der Waals surface area contributed by atoms with Crippen molar-refractivity contribution in [2.75, 3.05) is 14.2 Å². The second-order valence-corrected chi connectivity index (χ2v) is 6.01. The Morgan fingerprint density at radius 1 is 1.28 bits per heavy atom. The molecule has 2 rings (SSSR count). The standard InChI is InChI=1S/C17H20Cl2N4O.HI/c1-11(14-5-4-13(18)9-15(14)19)23-17(20-2)22-10-12-6-7-21-16(8-12)24-3;/h4-9,11H,10H2,1-3H3,(H2,20,22,23);1H. The van der Waals surface area contributed by atoms with Gasteiger partial charge >= 0.3 is 0 Å². The molecule has 0 aliphatic heterocycles. The topological polar surface area (TPSA) is 58.5 Å². The van der Waals surface area contributed by atoms with Crippen molar-refractivity contribution in [3.05, 3.63) is 57.7 Å². The minimum Gasteiger partial charge on any atom is -0.481 e. The summed E-state index contributed by atoms with van der Waals surface area (Å²) in [4.78, 5) is 8.33. The summed E-state index contributed by atoms with van der Waals surface area (Å²) in [5.74, 6) is 1.25. The fourth-order valence-electron chi connectivity index (χ4n) is 2.19. The number of nitrogens with zero attached hydrogens (tertiary/aromatic N) is 2. The molecular formula is C17H21Cl2IN4O. The number of aromatic nitrogens is 1. The van der Waals surface area contributed by atoms with Crippen LogP contribution in [0.2, 0.25) is 10.0 Å². The largest absolute Gasteiger partial charge is 0.481 e. The number of aliphatic imine (C=N–C) groups is 1. The molecule has 1 atom stereocenters. The summed E-state index contributed by atoms with van der Waals surface area (Å²) in [5.41, 5.74) is 2.00. The summed E-state index contributed by atoms with van der Waals surface area (Å²) in [6.07, 6.45) is 1.71. The van der Waals surface area contributed by atoms with E-state index in [0.29, 0.717) is 28.4 Å². The third kappa shape index (κ3) is 6.52. The average Bonchev–Trinajstić information content (AvgIpc) is 2.58. The lowest BCUT2D eigenvalue weighted by Gasteiger charge is -2.19. The van der Waals surface area contributed by atoms with Crippen LogP contribution < -0.4 is 15.4 Å². The van der Waals surface area contributed by atoms with Gasteiger partial charge in [0.2, 0.25) is 5.88 Å². The first kappa shape index (κ1) is 21.8. The highest BCUT2D eigenvalue weighted by molar-refractivity contribution is 14.0. The van der Waals surface area contributed by atoms with Crippen molar-refractivity contribution in [1.29, 1.82) is 0 Å². The molecule has 0 bridgehead atoms. The van der Waals surface area contributed by atoms with Crippen LogP contribution in [0.4, 0.5) is 0 Å². The third-order valence-electron chi connectivity index (χ3n) is 3.47. The minimum absolute atomic E-state index is 0. The van der Waals surface area contributed by atoms with Crippen LogP contribution in [0.3, 0.4) is 0 Å². The Labute approximate surface area is 175 Å². The van der Waals surface area contributed by atoms with Gasteiger partial charge in [-0.1, -0.05) is 29.3 Å². The van der Waals surface area contributed by atoms with Gasteiger partial charge in [-0.15, -0.1) is 24.0 Å². The van der Waals surface area contributed by atoms with E-state index in [9.17, 15) is 0 Å².